The average Bonchev–Trinajstić information content (AvgIpc) is 3.21. The molecular weight excluding hydrogens is 440 g/mol. The Hall–Kier alpha value is -2.99. The number of hydrogen-bond acceptors (Lipinski definition) is 3. The first-order valence-corrected chi connectivity index (χ1v) is 10.7. The van der Waals surface area contributed by atoms with Gasteiger partial charge in [0.05, 0.1) is 23.0 Å². The van der Waals surface area contributed by atoms with E-state index in [0.717, 1.165) is 49.9 Å². The number of nitrogens with zero attached hydrogens (tertiary/aromatic N) is 3. The fraction of sp³-hybridized carbons (Fsp3) is 0.208. The number of pyridine rings is 1. The van der Waals surface area contributed by atoms with Gasteiger partial charge in [0.25, 0.3) is 5.91 Å². The molecule has 30 heavy (non-hydrogen) atoms. The Morgan fingerprint density at radius 2 is 1.97 bits per heavy atom. The number of amides is 1. The molecule has 0 radical (unpaired) electrons. The number of nitrogens with one attached hydrogen (secondary N) is 1. The summed E-state index contributed by atoms with van der Waals surface area (Å²) in [6.45, 7) is 7.38. The van der Waals surface area contributed by atoms with Crippen LogP contribution in [0.25, 0.3) is 22.2 Å². The molecule has 2 aromatic heterocycles. The van der Waals surface area contributed by atoms with Crippen molar-refractivity contribution >= 4 is 32.7 Å². The number of fused-ring (bicyclic) bond motifs is 1. The summed E-state index contributed by atoms with van der Waals surface area (Å²) in [6.07, 6.45) is 3.73. The Labute approximate surface area is 184 Å². The van der Waals surface area contributed by atoms with Crippen molar-refractivity contribution in [2.45, 2.75) is 33.9 Å². The lowest BCUT2D eigenvalue weighted by Crippen LogP contribution is -2.23. The van der Waals surface area contributed by atoms with Crippen molar-refractivity contribution in [2.24, 2.45) is 0 Å². The first kappa shape index (κ1) is 20.3. The first-order valence-electron chi connectivity index (χ1n) is 9.92. The zero-order chi connectivity index (χ0) is 21.3. The van der Waals surface area contributed by atoms with Crippen LogP contribution in [0.2, 0.25) is 0 Å². The van der Waals surface area contributed by atoms with Crippen molar-refractivity contribution in [3.8, 4) is 11.3 Å². The standard InChI is InChI=1S/C24H23BrN4O/c1-4-29-14-17(13-27-29)12-26-24(30)21-11-23(19-9-15(2)5-6-16(19)3)28-22-8-7-18(25)10-20(21)22/h5-11,13-14H,4,12H2,1-3H3,(H,26,30). The van der Waals surface area contributed by atoms with Crippen LogP contribution in [0.4, 0.5) is 0 Å². The van der Waals surface area contributed by atoms with Crippen LogP contribution in [0.5, 0.6) is 0 Å². The number of aromatic nitrogens is 3. The highest BCUT2D eigenvalue weighted by molar-refractivity contribution is 9.10. The maximum absolute atomic E-state index is 13.2. The normalized spacial score (nSPS) is 11.1. The number of hydrogen-bond donors (Lipinski definition) is 1. The van der Waals surface area contributed by atoms with Crippen LogP contribution in [-0.4, -0.2) is 20.7 Å². The molecule has 0 aliphatic carbocycles. The largest absolute Gasteiger partial charge is 0.348 e. The fourth-order valence-corrected chi connectivity index (χ4v) is 3.84. The summed E-state index contributed by atoms with van der Waals surface area (Å²) in [6, 6.07) is 14.0. The monoisotopic (exact) mass is 462 g/mol. The molecule has 0 atom stereocenters. The van der Waals surface area contributed by atoms with E-state index in [2.05, 4.69) is 58.4 Å². The second kappa shape index (κ2) is 8.40. The van der Waals surface area contributed by atoms with Gasteiger partial charge in [-0.1, -0.05) is 33.6 Å². The molecule has 152 valence electrons. The molecule has 6 heteroatoms. The molecule has 4 aromatic rings. The molecule has 0 unspecified atom stereocenters. The molecule has 4 rings (SSSR count). The van der Waals surface area contributed by atoms with Gasteiger partial charge in [0.2, 0.25) is 0 Å². The zero-order valence-electron chi connectivity index (χ0n) is 17.2. The summed E-state index contributed by atoms with van der Waals surface area (Å²) in [5.41, 5.74) is 6.50. The molecule has 0 saturated carbocycles. The Bertz CT molecular complexity index is 1250. The number of carbonyl (C=O) groups is 1. The topological polar surface area (TPSA) is 59.8 Å². The molecule has 0 spiro atoms. The summed E-state index contributed by atoms with van der Waals surface area (Å²) in [5, 5.41) is 8.12. The van der Waals surface area contributed by atoms with Crippen molar-refractivity contribution in [2.75, 3.05) is 0 Å². The van der Waals surface area contributed by atoms with E-state index in [1.165, 1.54) is 0 Å². The van der Waals surface area contributed by atoms with E-state index in [0.29, 0.717) is 12.1 Å². The van der Waals surface area contributed by atoms with Gasteiger partial charge in [0, 0.05) is 40.3 Å². The maximum atomic E-state index is 13.2. The van der Waals surface area contributed by atoms with E-state index < -0.39 is 0 Å². The highest BCUT2D eigenvalue weighted by Crippen LogP contribution is 2.29. The molecule has 2 aromatic carbocycles. The predicted molar refractivity (Wildman–Crippen MR) is 123 cm³/mol. The summed E-state index contributed by atoms with van der Waals surface area (Å²) in [7, 11) is 0. The van der Waals surface area contributed by atoms with Gasteiger partial charge in [0.15, 0.2) is 0 Å². The van der Waals surface area contributed by atoms with E-state index in [1.807, 2.05) is 42.1 Å². The van der Waals surface area contributed by atoms with Crippen molar-refractivity contribution in [3.05, 3.63) is 81.6 Å². The fourth-order valence-electron chi connectivity index (χ4n) is 3.48. The Morgan fingerprint density at radius 3 is 2.73 bits per heavy atom. The van der Waals surface area contributed by atoms with Crippen LogP contribution in [0.1, 0.15) is 34.0 Å². The number of benzene rings is 2. The van der Waals surface area contributed by atoms with Crippen molar-refractivity contribution < 1.29 is 4.79 Å². The minimum Gasteiger partial charge on any atom is -0.348 e. The van der Waals surface area contributed by atoms with Crippen LogP contribution < -0.4 is 5.32 Å². The molecule has 0 aliphatic heterocycles. The van der Waals surface area contributed by atoms with Gasteiger partial charge in [-0.15, -0.1) is 0 Å². The van der Waals surface area contributed by atoms with Gasteiger partial charge >= 0.3 is 0 Å². The second-order valence-corrected chi connectivity index (χ2v) is 8.34. The molecular formula is C24H23BrN4O. The molecule has 1 amide bonds. The highest BCUT2D eigenvalue weighted by atomic mass is 79.9. The van der Waals surface area contributed by atoms with Gasteiger partial charge in [-0.25, -0.2) is 4.98 Å². The van der Waals surface area contributed by atoms with Crippen LogP contribution in [-0.2, 0) is 13.1 Å². The molecule has 0 bridgehead atoms. The summed E-state index contributed by atoms with van der Waals surface area (Å²) in [4.78, 5) is 18.0. The smallest absolute Gasteiger partial charge is 0.252 e. The molecule has 2 heterocycles. The first-order chi connectivity index (χ1) is 14.4. The van der Waals surface area contributed by atoms with E-state index >= 15 is 0 Å². The maximum Gasteiger partial charge on any atom is 0.252 e. The molecule has 0 saturated heterocycles. The van der Waals surface area contributed by atoms with Crippen LogP contribution >= 0.6 is 15.9 Å². The Morgan fingerprint density at radius 1 is 1.13 bits per heavy atom. The lowest BCUT2D eigenvalue weighted by Gasteiger charge is -2.12. The van der Waals surface area contributed by atoms with Crippen LogP contribution in [0, 0.1) is 13.8 Å². The summed E-state index contributed by atoms with van der Waals surface area (Å²) in [5.74, 6) is -0.128. The van der Waals surface area contributed by atoms with E-state index in [4.69, 9.17) is 4.98 Å². The molecule has 5 nitrogen and oxygen atoms in total. The van der Waals surface area contributed by atoms with Gasteiger partial charge in [-0.05, 0) is 56.7 Å². The predicted octanol–water partition coefficient (Wildman–Crippen LogP) is 5.43. The molecule has 0 fully saturated rings. The zero-order valence-corrected chi connectivity index (χ0v) is 18.8. The summed E-state index contributed by atoms with van der Waals surface area (Å²) < 4.78 is 2.76. The van der Waals surface area contributed by atoms with Crippen molar-refractivity contribution in [3.63, 3.8) is 0 Å². The molecule has 0 aliphatic rings. The Kier molecular flexibility index (Phi) is 5.68. The molecule has 1 N–H and O–H groups in total. The summed E-state index contributed by atoms with van der Waals surface area (Å²) >= 11 is 3.52. The minimum atomic E-state index is -0.128. The third kappa shape index (κ3) is 4.14. The number of halogens is 1. The van der Waals surface area contributed by atoms with Gasteiger partial charge in [0.1, 0.15) is 0 Å². The second-order valence-electron chi connectivity index (χ2n) is 7.42. The third-order valence-electron chi connectivity index (χ3n) is 5.15. The van der Waals surface area contributed by atoms with Gasteiger partial charge in [-0.3, -0.25) is 9.48 Å². The average molecular weight is 463 g/mol. The van der Waals surface area contributed by atoms with Crippen molar-refractivity contribution in [1.82, 2.24) is 20.1 Å². The van der Waals surface area contributed by atoms with Gasteiger partial charge in [-0.2, -0.15) is 5.10 Å². The highest BCUT2D eigenvalue weighted by Gasteiger charge is 2.16. The van der Waals surface area contributed by atoms with E-state index in [-0.39, 0.29) is 5.91 Å². The number of carbonyl (C=O) groups excluding carboxylic acids is 1. The lowest BCUT2D eigenvalue weighted by atomic mass is 9.99. The number of rotatable bonds is 5. The quantitative estimate of drug-likeness (QED) is 0.430. The van der Waals surface area contributed by atoms with Crippen LogP contribution in [0.15, 0.2) is 59.3 Å². The third-order valence-corrected chi connectivity index (χ3v) is 5.64. The van der Waals surface area contributed by atoms with Crippen molar-refractivity contribution in [1.29, 1.82) is 0 Å². The van der Waals surface area contributed by atoms with E-state index in [1.54, 1.807) is 6.20 Å². The minimum absolute atomic E-state index is 0.128. The van der Waals surface area contributed by atoms with Crippen LogP contribution in [0.3, 0.4) is 0 Å². The Balaban J connectivity index is 1.75. The van der Waals surface area contributed by atoms with Gasteiger partial charge < -0.3 is 5.32 Å². The SMILES string of the molecule is CCn1cc(CNC(=O)c2cc(-c3cc(C)ccc3C)nc3ccc(Br)cc23)cn1. The lowest BCUT2D eigenvalue weighted by molar-refractivity contribution is 0.0952. The number of aryl methyl sites for hydroxylation is 3. The van der Waals surface area contributed by atoms with E-state index in [9.17, 15) is 4.79 Å².